The summed E-state index contributed by atoms with van der Waals surface area (Å²) in [5.74, 6) is -0.478. The third-order valence-electron chi connectivity index (χ3n) is 2.30. The molecule has 1 amide bonds. The molecule has 0 unspecified atom stereocenters. The third-order valence-corrected chi connectivity index (χ3v) is 2.30. The molecule has 0 saturated carbocycles. The zero-order chi connectivity index (χ0) is 12.8. The van der Waals surface area contributed by atoms with E-state index in [1.165, 1.54) is 12.1 Å². The number of carbonyl (C=O) groups excluding carboxylic acids is 1. The van der Waals surface area contributed by atoms with Crippen LogP contribution in [0.3, 0.4) is 0 Å². The predicted octanol–water partition coefficient (Wildman–Crippen LogP) is -0.924. The van der Waals surface area contributed by atoms with Gasteiger partial charge in [-0.05, 0) is 18.1 Å². The summed E-state index contributed by atoms with van der Waals surface area (Å²) in [4.78, 5) is 11.2. The number of phenolic OH excluding ortho intramolecular Hbond substituents is 2. The summed E-state index contributed by atoms with van der Waals surface area (Å²) in [7, 11) is 0. The molecule has 0 aliphatic carbocycles. The molecule has 1 rings (SSSR count). The molecule has 1 aromatic carbocycles. The Hall–Kier alpha value is -1.79. The molecular weight excluding hydrogens is 224 g/mol. The van der Waals surface area contributed by atoms with Gasteiger partial charge in [-0.3, -0.25) is 4.79 Å². The van der Waals surface area contributed by atoms with Gasteiger partial charge in [-0.15, -0.1) is 0 Å². The Balaban J connectivity index is 2.43. The zero-order valence-corrected chi connectivity index (χ0v) is 9.26. The Labute approximate surface area is 98.7 Å². The number of phenols is 2. The monoisotopic (exact) mass is 240 g/mol. The number of nitrogens with one attached hydrogen (secondary N) is 1. The molecule has 0 aromatic heterocycles. The topological polar surface area (TPSA) is 116 Å². The first-order valence-corrected chi connectivity index (χ1v) is 5.19. The van der Waals surface area contributed by atoms with Gasteiger partial charge in [0.25, 0.3) is 0 Å². The van der Waals surface area contributed by atoms with Crippen LogP contribution < -0.4 is 11.1 Å². The van der Waals surface area contributed by atoms with Crippen LogP contribution >= 0.6 is 0 Å². The summed E-state index contributed by atoms with van der Waals surface area (Å²) in [6, 6.07) is 3.33. The molecule has 0 saturated heterocycles. The van der Waals surface area contributed by atoms with Crippen LogP contribution in [-0.4, -0.2) is 40.4 Å². The largest absolute Gasteiger partial charge is 0.508 e. The van der Waals surface area contributed by atoms with E-state index in [4.69, 9.17) is 15.9 Å². The minimum atomic E-state index is -0.927. The van der Waals surface area contributed by atoms with Gasteiger partial charge in [-0.25, -0.2) is 0 Å². The van der Waals surface area contributed by atoms with Crippen LogP contribution in [0, 0.1) is 0 Å². The fraction of sp³-hybridized carbons (Fsp3) is 0.364. The lowest BCUT2D eigenvalue weighted by atomic mass is 10.1. The molecule has 0 aliphatic heterocycles. The van der Waals surface area contributed by atoms with Crippen molar-refractivity contribution in [1.82, 2.24) is 5.32 Å². The number of rotatable bonds is 5. The lowest BCUT2D eigenvalue weighted by Crippen LogP contribution is -2.43. The number of hydrogen-bond acceptors (Lipinski definition) is 5. The summed E-state index contributed by atoms with van der Waals surface area (Å²) < 4.78 is 0. The van der Waals surface area contributed by atoms with E-state index >= 15 is 0 Å². The van der Waals surface area contributed by atoms with E-state index in [1.54, 1.807) is 6.07 Å². The Morgan fingerprint density at radius 1 is 1.41 bits per heavy atom. The van der Waals surface area contributed by atoms with Gasteiger partial charge >= 0.3 is 0 Å². The van der Waals surface area contributed by atoms with Crippen LogP contribution in [0.15, 0.2) is 18.2 Å². The van der Waals surface area contributed by atoms with Gasteiger partial charge in [-0.1, -0.05) is 6.07 Å². The highest BCUT2D eigenvalue weighted by Crippen LogP contribution is 2.22. The minimum absolute atomic E-state index is 0.0161. The van der Waals surface area contributed by atoms with Gasteiger partial charge in [0.15, 0.2) is 0 Å². The standard InChI is InChI=1S/C11H16N2O4/c12-9(6-14)11(17)13-4-3-7-1-2-8(15)5-10(7)16/h1-2,5,9,14-16H,3-4,6,12H2,(H,13,17)/t9-/m0/s1. The third kappa shape index (κ3) is 3.93. The molecule has 0 fully saturated rings. The number of benzene rings is 1. The highest BCUT2D eigenvalue weighted by molar-refractivity contribution is 5.81. The van der Waals surface area contributed by atoms with Gasteiger partial charge in [0.2, 0.25) is 5.91 Å². The van der Waals surface area contributed by atoms with E-state index in [0.717, 1.165) is 0 Å². The Morgan fingerprint density at radius 3 is 2.71 bits per heavy atom. The molecule has 94 valence electrons. The smallest absolute Gasteiger partial charge is 0.239 e. The summed E-state index contributed by atoms with van der Waals surface area (Å²) in [6.07, 6.45) is 0.413. The summed E-state index contributed by atoms with van der Waals surface area (Å²) in [5.41, 5.74) is 5.91. The second-order valence-corrected chi connectivity index (χ2v) is 3.64. The molecule has 6 nitrogen and oxygen atoms in total. The van der Waals surface area contributed by atoms with E-state index < -0.39 is 18.6 Å². The Bertz CT molecular complexity index is 395. The molecule has 1 atom stereocenters. The summed E-state index contributed by atoms with van der Waals surface area (Å²) >= 11 is 0. The maximum Gasteiger partial charge on any atom is 0.239 e. The van der Waals surface area contributed by atoms with Crippen molar-refractivity contribution in [1.29, 1.82) is 0 Å². The van der Waals surface area contributed by atoms with E-state index in [-0.39, 0.29) is 11.5 Å². The second-order valence-electron chi connectivity index (χ2n) is 3.64. The van der Waals surface area contributed by atoms with Crippen molar-refractivity contribution < 1.29 is 20.1 Å². The second kappa shape index (κ2) is 6.07. The lowest BCUT2D eigenvalue weighted by Gasteiger charge is -2.10. The number of carbonyl (C=O) groups is 1. The fourth-order valence-corrected chi connectivity index (χ4v) is 1.30. The van der Waals surface area contributed by atoms with Gasteiger partial charge in [0.1, 0.15) is 17.5 Å². The highest BCUT2D eigenvalue weighted by Gasteiger charge is 2.11. The number of amides is 1. The molecule has 6 N–H and O–H groups in total. The molecule has 0 bridgehead atoms. The van der Waals surface area contributed by atoms with E-state index in [0.29, 0.717) is 18.5 Å². The van der Waals surface area contributed by atoms with Crippen molar-refractivity contribution in [2.45, 2.75) is 12.5 Å². The highest BCUT2D eigenvalue weighted by atomic mass is 16.3. The molecule has 0 heterocycles. The minimum Gasteiger partial charge on any atom is -0.508 e. The predicted molar refractivity (Wildman–Crippen MR) is 61.5 cm³/mol. The average Bonchev–Trinajstić information content (AvgIpc) is 2.30. The van der Waals surface area contributed by atoms with Gasteiger partial charge in [0, 0.05) is 12.6 Å². The number of hydrogen-bond donors (Lipinski definition) is 5. The van der Waals surface area contributed by atoms with Crippen LogP contribution in [-0.2, 0) is 11.2 Å². The first-order valence-electron chi connectivity index (χ1n) is 5.19. The van der Waals surface area contributed by atoms with Gasteiger partial charge < -0.3 is 26.4 Å². The first-order chi connectivity index (χ1) is 8.04. The molecule has 6 heteroatoms. The SMILES string of the molecule is N[C@@H](CO)C(=O)NCCc1ccc(O)cc1O. The van der Waals surface area contributed by atoms with E-state index in [1.807, 2.05) is 0 Å². The quantitative estimate of drug-likeness (QED) is 0.456. The van der Waals surface area contributed by atoms with Gasteiger partial charge in [0.05, 0.1) is 6.61 Å². The van der Waals surface area contributed by atoms with Crippen molar-refractivity contribution in [2.75, 3.05) is 13.2 Å². The van der Waals surface area contributed by atoms with Crippen molar-refractivity contribution >= 4 is 5.91 Å². The zero-order valence-electron chi connectivity index (χ0n) is 9.26. The van der Waals surface area contributed by atoms with Crippen molar-refractivity contribution in [3.63, 3.8) is 0 Å². The average molecular weight is 240 g/mol. The molecular formula is C11H16N2O4. The van der Waals surface area contributed by atoms with Gasteiger partial charge in [-0.2, -0.15) is 0 Å². The van der Waals surface area contributed by atoms with E-state index in [2.05, 4.69) is 5.32 Å². The van der Waals surface area contributed by atoms with Crippen LogP contribution in [0.5, 0.6) is 11.5 Å². The molecule has 0 radical (unpaired) electrons. The number of aliphatic hydroxyl groups excluding tert-OH is 1. The summed E-state index contributed by atoms with van der Waals surface area (Å²) in [5, 5.41) is 29.7. The van der Waals surface area contributed by atoms with Crippen LogP contribution in [0.2, 0.25) is 0 Å². The van der Waals surface area contributed by atoms with Crippen molar-refractivity contribution in [2.24, 2.45) is 5.73 Å². The Morgan fingerprint density at radius 2 is 2.12 bits per heavy atom. The van der Waals surface area contributed by atoms with E-state index in [9.17, 15) is 9.90 Å². The summed E-state index contributed by atoms with van der Waals surface area (Å²) in [6.45, 7) is -0.110. The molecule has 0 spiro atoms. The number of aliphatic hydroxyl groups is 1. The fourth-order valence-electron chi connectivity index (χ4n) is 1.30. The molecule has 0 aliphatic rings. The normalized spacial score (nSPS) is 12.1. The van der Waals surface area contributed by atoms with Crippen LogP contribution in [0.4, 0.5) is 0 Å². The maximum absolute atomic E-state index is 11.2. The Kier molecular flexibility index (Phi) is 4.74. The van der Waals surface area contributed by atoms with Crippen molar-refractivity contribution in [3.05, 3.63) is 23.8 Å². The van der Waals surface area contributed by atoms with Crippen LogP contribution in [0.1, 0.15) is 5.56 Å². The van der Waals surface area contributed by atoms with Crippen LogP contribution in [0.25, 0.3) is 0 Å². The number of aromatic hydroxyl groups is 2. The molecule has 17 heavy (non-hydrogen) atoms. The number of nitrogens with two attached hydrogens (primary N) is 1. The maximum atomic E-state index is 11.2. The van der Waals surface area contributed by atoms with Crippen molar-refractivity contribution in [3.8, 4) is 11.5 Å². The molecule has 1 aromatic rings. The first kappa shape index (κ1) is 13.3. The lowest BCUT2D eigenvalue weighted by molar-refractivity contribution is -0.123.